The van der Waals surface area contributed by atoms with Gasteiger partial charge in [-0.15, -0.1) is 11.3 Å². The lowest BCUT2D eigenvalue weighted by Gasteiger charge is -2.15. The van der Waals surface area contributed by atoms with Crippen molar-refractivity contribution in [3.63, 3.8) is 0 Å². The van der Waals surface area contributed by atoms with Gasteiger partial charge in [-0.2, -0.15) is 4.31 Å². The van der Waals surface area contributed by atoms with Crippen LogP contribution in [-0.2, 0) is 21.2 Å². The number of unbranched alkanes of at least 4 members (excludes halogenated alkanes) is 1. The van der Waals surface area contributed by atoms with Gasteiger partial charge in [0.15, 0.2) is 0 Å². The molecule has 0 aliphatic carbocycles. The highest BCUT2D eigenvalue weighted by molar-refractivity contribution is 7.91. The van der Waals surface area contributed by atoms with Crippen LogP contribution in [0, 0.1) is 5.92 Å². The van der Waals surface area contributed by atoms with E-state index in [0.29, 0.717) is 29.8 Å². The summed E-state index contributed by atoms with van der Waals surface area (Å²) in [6, 6.07) is 3.40. The number of nitrogens with zero attached hydrogens (tertiary/aromatic N) is 1. The van der Waals surface area contributed by atoms with Crippen molar-refractivity contribution in [2.75, 3.05) is 19.6 Å². The Morgan fingerprint density at radius 3 is 2.64 bits per heavy atom. The van der Waals surface area contributed by atoms with E-state index in [-0.39, 0.29) is 12.3 Å². The number of rotatable bonds is 10. The van der Waals surface area contributed by atoms with Crippen molar-refractivity contribution in [1.82, 2.24) is 9.62 Å². The molecule has 2 heterocycles. The van der Waals surface area contributed by atoms with E-state index in [9.17, 15) is 13.2 Å². The Morgan fingerprint density at radius 1 is 1.28 bits per heavy atom. The van der Waals surface area contributed by atoms with E-state index in [0.717, 1.165) is 30.6 Å². The van der Waals surface area contributed by atoms with Crippen molar-refractivity contribution in [3.8, 4) is 0 Å². The Morgan fingerprint density at radius 2 is 2.00 bits per heavy atom. The maximum absolute atomic E-state index is 12.5. The Kier molecular flexibility index (Phi) is 7.90. The second-order valence-electron chi connectivity index (χ2n) is 6.73. The topological polar surface area (TPSA) is 66.5 Å². The van der Waals surface area contributed by atoms with E-state index in [1.165, 1.54) is 24.2 Å². The molecule has 1 aromatic heterocycles. The second-order valence-corrected chi connectivity index (χ2v) is 10.1. The van der Waals surface area contributed by atoms with Gasteiger partial charge in [0.05, 0.1) is 6.42 Å². The second kappa shape index (κ2) is 9.69. The van der Waals surface area contributed by atoms with Gasteiger partial charge < -0.3 is 5.32 Å². The molecular weight excluding hydrogens is 356 g/mol. The minimum Gasteiger partial charge on any atom is -0.356 e. The molecule has 5 nitrogen and oxygen atoms in total. The summed E-state index contributed by atoms with van der Waals surface area (Å²) in [6.45, 7) is 6.25. The van der Waals surface area contributed by atoms with E-state index < -0.39 is 10.0 Å². The predicted molar refractivity (Wildman–Crippen MR) is 102 cm³/mol. The number of hydrogen-bond donors (Lipinski definition) is 1. The van der Waals surface area contributed by atoms with Gasteiger partial charge in [-0.05, 0) is 37.3 Å². The summed E-state index contributed by atoms with van der Waals surface area (Å²) in [4.78, 5) is 13.0. The number of hydrogen-bond acceptors (Lipinski definition) is 4. The van der Waals surface area contributed by atoms with Gasteiger partial charge >= 0.3 is 0 Å². The molecule has 0 saturated carbocycles. The largest absolute Gasteiger partial charge is 0.356 e. The molecule has 1 unspecified atom stereocenters. The summed E-state index contributed by atoms with van der Waals surface area (Å²) >= 11 is 1.22. The number of carbonyl (C=O) groups is 1. The Balaban J connectivity index is 1.86. The van der Waals surface area contributed by atoms with Crippen LogP contribution in [0.15, 0.2) is 16.3 Å². The van der Waals surface area contributed by atoms with Crippen molar-refractivity contribution < 1.29 is 13.2 Å². The Bertz CT molecular complexity index is 649. The molecular formula is C18H30N2O3S2. The molecule has 7 heteroatoms. The fourth-order valence-corrected chi connectivity index (χ4v) is 6.10. The zero-order chi connectivity index (χ0) is 18.3. The average Bonchev–Trinajstić information content (AvgIpc) is 3.27. The lowest BCUT2D eigenvalue weighted by Crippen LogP contribution is -2.30. The zero-order valence-corrected chi connectivity index (χ0v) is 16.9. The number of thiophene rings is 1. The van der Waals surface area contributed by atoms with Crippen LogP contribution in [0.25, 0.3) is 0 Å². The van der Waals surface area contributed by atoms with Crippen molar-refractivity contribution in [2.24, 2.45) is 5.92 Å². The monoisotopic (exact) mass is 386 g/mol. The Labute approximate surface area is 155 Å². The van der Waals surface area contributed by atoms with Gasteiger partial charge in [-0.3, -0.25) is 4.79 Å². The molecule has 1 aromatic rings. The number of sulfonamides is 1. The first-order chi connectivity index (χ1) is 12.0. The summed E-state index contributed by atoms with van der Waals surface area (Å²) in [5, 5.41) is 3.00. The highest BCUT2D eigenvalue weighted by atomic mass is 32.2. The summed E-state index contributed by atoms with van der Waals surface area (Å²) < 4.78 is 26.9. The lowest BCUT2D eigenvalue weighted by atomic mass is 9.99. The molecule has 1 fully saturated rings. The van der Waals surface area contributed by atoms with Crippen molar-refractivity contribution in [3.05, 3.63) is 17.0 Å². The average molecular weight is 387 g/mol. The maximum atomic E-state index is 12.5. The van der Waals surface area contributed by atoms with Crippen LogP contribution < -0.4 is 5.32 Å². The van der Waals surface area contributed by atoms with Crippen LogP contribution in [0.4, 0.5) is 0 Å². The lowest BCUT2D eigenvalue weighted by molar-refractivity contribution is -0.120. The first-order valence-electron chi connectivity index (χ1n) is 9.33. The van der Waals surface area contributed by atoms with Crippen LogP contribution in [0.5, 0.6) is 0 Å². The van der Waals surface area contributed by atoms with Gasteiger partial charge in [0, 0.05) is 24.5 Å². The number of carbonyl (C=O) groups excluding carboxylic acids is 1. The maximum Gasteiger partial charge on any atom is 0.252 e. The van der Waals surface area contributed by atoms with Crippen molar-refractivity contribution >= 4 is 27.3 Å². The molecule has 2 rings (SSSR count). The van der Waals surface area contributed by atoms with Crippen LogP contribution in [0.3, 0.4) is 0 Å². The summed E-state index contributed by atoms with van der Waals surface area (Å²) in [5.41, 5.74) is 0. The number of amides is 1. The van der Waals surface area contributed by atoms with Gasteiger partial charge in [0.25, 0.3) is 10.0 Å². The molecule has 0 spiro atoms. The number of nitrogens with one attached hydrogen (secondary N) is 1. The quantitative estimate of drug-likeness (QED) is 0.670. The van der Waals surface area contributed by atoms with Crippen LogP contribution >= 0.6 is 11.3 Å². The van der Waals surface area contributed by atoms with Crippen LogP contribution in [-0.4, -0.2) is 38.3 Å². The third-order valence-electron chi connectivity index (χ3n) is 4.76. The zero-order valence-electron chi connectivity index (χ0n) is 15.3. The summed E-state index contributed by atoms with van der Waals surface area (Å²) in [5.74, 6) is 0.500. The van der Waals surface area contributed by atoms with E-state index >= 15 is 0 Å². The molecule has 0 bridgehead atoms. The molecule has 1 aliphatic heterocycles. The fourth-order valence-electron chi connectivity index (χ4n) is 3.07. The van der Waals surface area contributed by atoms with Crippen molar-refractivity contribution in [2.45, 2.75) is 63.0 Å². The van der Waals surface area contributed by atoms with E-state index in [1.54, 1.807) is 16.4 Å². The van der Waals surface area contributed by atoms with Gasteiger partial charge in [0.2, 0.25) is 5.91 Å². The van der Waals surface area contributed by atoms with E-state index in [1.807, 2.05) is 0 Å². The standard InChI is InChI=1S/C18H30N2O3S2/c1-3-5-8-15(4-2)14-19-17(21)13-16-9-10-18(24-16)25(22,23)20-11-6-7-12-20/h9-10,15H,3-8,11-14H2,1-2H3,(H,19,21). The molecule has 142 valence electrons. The third kappa shape index (κ3) is 5.79. The van der Waals surface area contributed by atoms with E-state index in [4.69, 9.17) is 0 Å². The highest BCUT2D eigenvalue weighted by Crippen LogP contribution is 2.27. The first-order valence-corrected chi connectivity index (χ1v) is 11.6. The predicted octanol–water partition coefficient (Wildman–Crippen LogP) is 3.41. The molecule has 1 amide bonds. The minimum absolute atomic E-state index is 0.0260. The Hall–Kier alpha value is -0.920. The van der Waals surface area contributed by atoms with Crippen LogP contribution in [0.1, 0.15) is 57.2 Å². The van der Waals surface area contributed by atoms with Gasteiger partial charge in [-0.1, -0.05) is 33.1 Å². The molecule has 1 aliphatic rings. The molecule has 0 aromatic carbocycles. The third-order valence-corrected chi connectivity index (χ3v) is 8.21. The van der Waals surface area contributed by atoms with Gasteiger partial charge in [0.1, 0.15) is 4.21 Å². The van der Waals surface area contributed by atoms with Crippen molar-refractivity contribution in [1.29, 1.82) is 0 Å². The molecule has 25 heavy (non-hydrogen) atoms. The van der Waals surface area contributed by atoms with Crippen LogP contribution in [0.2, 0.25) is 0 Å². The first kappa shape index (κ1) is 20.4. The highest BCUT2D eigenvalue weighted by Gasteiger charge is 2.28. The van der Waals surface area contributed by atoms with E-state index in [2.05, 4.69) is 19.2 Å². The minimum atomic E-state index is -3.37. The molecule has 1 N–H and O–H groups in total. The smallest absolute Gasteiger partial charge is 0.252 e. The fraction of sp³-hybridized carbons (Fsp3) is 0.722. The normalized spacial score (nSPS) is 16.9. The SMILES string of the molecule is CCCCC(CC)CNC(=O)Cc1ccc(S(=O)(=O)N2CCCC2)s1. The summed E-state index contributed by atoms with van der Waals surface area (Å²) in [6.07, 6.45) is 6.68. The summed E-state index contributed by atoms with van der Waals surface area (Å²) in [7, 11) is -3.37. The molecule has 0 radical (unpaired) electrons. The molecule has 1 saturated heterocycles. The van der Waals surface area contributed by atoms with Gasteiger partial charge in [-0.25, -0.2) is 8.42 Å². The molecule has 1 atom stereocenters.